The van der Waals surface area contributed by atoms with E-state index in [-0.39, 0.29) is 5.92 Å². The van der Waals surface area contributed by atoms with Gasteiger partial charge in [-0.3, -0.25) is 0 Å². The van der Waals surface area contributed by atoms with E-state index in [0.29, 0.717) is 0 Å². The van der Waals surface area contributed by atoms with Crippen LogP contribution >= 0.6 is 15.9 Å². The molecule has 3 heteroatoms. The highest BCUT2D eigenvalue weighted by molar-refractivity contribution is 9.10. The lowest BCUT2D eigenvalue weighted by molar-refractivity contribution is 0.878. The van der Waals surface area contributed by atoms with Crippen LogP contribution in [0, 0.1) is 13.8 Å². The molecule has 0 aliphatic heterocycles. The SMILES string of the molecule is Cc1cc(Br)cc(C)c1C(c1ccc[nH]1)c1ccc[nH]1. The molecular formula is C17H17BrN2. The summed E-state index contributed by atoms with van der Waals surface area (Å²) in [7, 11) is 0. The average molecular weight is 329 g/mol. The molecule has 1 aromatic carbocycles. The van der Waals surface area contributed by atoms with Gasteiger partial charge in [0.2, 0.25) is 0 Å². The van der Waals surface area contributed by atoms with Crippen LogP contribution in [-0.4, -0.2) is 9.97 Å². The van der Waals surface area contributed by atoms with Gasteiger partial charge in [-0.05, 0) is 66.9 Å². The highest BCUT2D eigenvalue weighted by atomic mass is 79.9. The highest BCUT2D eigenvalue weighted by Gasteiger charge is 2.22. The summed E-state index contributed by atoms with van der Waals surface area (Å²) in [6.07, 6.45) is 3.96. The summed E-state index contributed by atoms with van der Waals surface area (Å²) >= 11 is 3.58. The number of H-pyrrole nitrogens is 2. The molecule has 2 nitrogen and oxygen atoms in total. The fourth-order valence-electron chi connectivity index (χ4n) is 2.90. The van der Waals surface area contributed by atoms with Gasteiger partial charge in [-0.25, -0.2) is 0 Å². The first-order chi connectivity index (χ1) is 9.66. The van der Waals surface area contributed by atoms with Crippen LogP contribution in [-0.2, 0) is 0 Å². The number of nitrogens with one attached hydrogen (secondary N) is 2. The van der Waals surface area contributed by atoms with E-state index in [0.717, 1.165) is 4.47 Å². The van der Waals surface area contributed by atoms with E-state index in [2.05, 4.69) is 76.1 Å². The lowest BCUT2D eigenvalue weighted by Crippen LogP contribution is -2.08. The summed E-state index contributed by atoms with van der Waals surface area (Å²) in [4.78, 5) is 6.72. The van der Waals surface area contributed by atoms with Crippen molar-refractivity contribution in [1.29, 1.82) is 0 Å². The normalized spacial score (nSPS) is 11.2. The Bertz CT molecular complexity index is 639. The van der Waals surface area contributed by atoms with Crippen molar-refractivity contribution in [1.82, 2.24) is 9.97 Å². The van der Waals surface area contributed by atoms with Gasteiger partial charge in [-0.1, -0.05) is 15.9 Å². The number of halogens is 1. The molecule has 0 aliphatic rings. The van der Waals surface area contributed by atoms with Crippen LogP contribution in [0.5, 0.6) is 0 Å². The molecular weight excluding hydrogens is 312 g/mol. The largest absolute Gasteiger partial charge is 0.364 e. The zero-order chi connectivity index (χ0) is 14.1. The maximum atomic E-state index is 3.58. The Balaban J connectivity index is 2.21. The second-order valence-corrected chi connectivity index (χ2v) is 6.05. The van der Waals surface area contributed by atoms with Gasteiger partial charge in [-0.15, -0.1) is 0 Å². The van der Waals surface area contributed by atoms with E-state index in [9.17, 15) is 0 Å². The molecule has 20 heavy (non-hydrogen) atoms. The van der Waals surface area contributed by atoms with Crippen molar-refractivity contribution in [3.05, 3.63) is 81.3 Å². The van der Waals surface area contributed by atoms with Gasteiger partial charge in [0.1, 0.15) is 0 Å². The minimum absolute atomic E-state index is 0.216. The van der Waals surface area contributed by atoms with Gasteiger partial charge in [0.05, 0.1) is 5.92 Å². The number of hydrogen-bond acceptors (Lipinski definition) is 0. The van der Waals surface area contributed by atoms with E-state index in [4.69, 9.17) is 0 Å². The lowest BCUT2D eigenvalue weighted by atomic mass is 9.86. The number of aromatic nitrogens is 2. The van der Waals surface area contributed by atoms with Crippen LogP contribution in [0.1, 0.15) is 34.0 Å². The van der Waals surface area contributed by atoms with Gasteiger partial charge in [0, 0.05) is 28.3 Å². The second kappa shape index (κ2) is 5.33. The Labute approximate surface area is 127 Å². The molecule has 3 aromatic rings. The number of aromatic amines is 2. The fraction of sp³-hybridized carbons (Fsp3) is 0.176. The van der Waals surface area contributed by atoms with E-state index in [1.165, 1.54) is 28.1 Å². The first-order valence-corrected chi connectivity index (χ1v) is 7.49. The first-order valence-electron chi connectivity index (χ1n) is 6.70. The van der Waals surface area contributed by atoms with Crippen molar-refractivity contribution in [2.75, 3.05) is 0 Å². The van der Waals surface area contributed by atoms with Gasteiger partial charge < -0.3 is 9.97 Å². The maximum absolute atomic E-state index is 3.58. The summed E-state index contributed by atoms with van der Waals surface area (Å²) in [5.41, 5.74) is 6.37. The Morgan fingerprint density at radius 2 is 1.40 bits per heavy atom. The van der Waals surface area contributed by atoms with Crippen LogP contribution in [0.4, 0.5) is 0 Å². The Kier molecular flexibility index (Phi) is 3.53. The molecule has 0 fully saturated rings. The molecule has 0 aliphatic carbocycles. The monoisotopic (exact) mass is 328 g/mol. The third-order valence-corrected chi connectivity index (χ3v) is 4.17. The summed E-state index contributed by atoms with van der Waals surface area (Å²) in [6, 6.07) is 12.8. The smallest absolute Gasteiger partial charge is 0.0646 e. The fourth-order valence-corrected chi connectivity index (χ4v) is 3.59. The number of hydrogen-bond donors (Lipinski definition) is 2. The van der Waals surface area contributed by atoms with E-state index < -0.39 is 0 Å². The number of rotatable bonds is 3. The Morgan fingerprint density at radius 3 is 1.80 bits per heavy atom. The first kappa shape index (κ1) is 13.3. The van der Waals surface area contributed by atoms with Crippen LogP contribution in [0.2, 0.25) is 0 Å². The van der Waals surface area contributed by atoms with Crippen LogP contribution in [0.25, 0.3) is 0 Å². The molecule has 2 aromatic heterocycles. The van der Waals surface area contributed by atoms with E-state index in [1.807, 2.05) is 12.4 Å². The van der Waals surface area contributed by atoms with Crippen LogP contribution in [0.3, 0.4) is 0 Å². The average Bonchev–Trinajstić information content (AvgIpc) is 3.07. The number of aryl methyl sites for hydroxylation is 2. The minimum atomic E-state index is 0.216. The van der Waals surface area contributed by atoms with Gasteiger partial charge >= 0.3 is 0 Å². The molecule has 102 valence electrons. The van der Waals surface area contributed by atoms with Crippen molar-refractivity contribution in [3.63, 3.8) is 0 Å². The highest BCUT2D eigenvalue weighted by Crippen LogP contribution is 2.35. The Hall–Kier alpha value is -1.74. The van der Waals surface area contributed by atoms with Crippen LogP contribution < -0.4 is 0 Å². The quantitative estimate of drug-likeness (QED) is 0.685. The molecule has 2 N–H and O–H groups in total. The molecule has 3 rings (SSSR count). The van der Waals surface area contributed by atoms with Crippen molar-refractivity contribution < 1.29 is 0 Å². The molecule has 0 amide bonds. The van der Waals surface area contributed by atoms with Crippen molar-refractivity contribution >= 4 is 15.9 Å². The standard InChI is InChI=1S/C17H17BrN2/c1-11-9-13(18)10-12(2)16(11)17(14-5-3-7-19-14)15-6-4-8-20-15/h3-10,17,19-20H,1-2H3. The molecule has 0 atom stereocenters. The second-order valence-electron chi connectivity index (χ2n) is 5.14. The molecule has 0 spiro atoms. The third-order valence-electron chi connectivity index (χ3n) is 3.71. The topological polar surface area (TPSA) is 31.6 Å². The zero-order valence-electron chi connectivity index (χ0n) is 11.6. The molecule has 0 saturated heterocycles. The van der Waals surface area contributed by atoms with E-state index >= 15 is 0 Å². The lowest BCUT2D eigenvalue weighted by Gasteiger charge is -2.20. The number of benzene rings is 1. The summed E-state index contributed by atoms with van der Waals surface area (Å²) in [5.74, 6) is 0.216. The van der Waals surface area contributed by atoms with Crippen molar-refractivity contribution in [2.45, 2.75) is 19.8 Å². The molecule has 0 bridgehead atoms. The third kappa shape index (κ3) is 2.34. The summed E-state index contributed by atoms with van der Waals surface area (Å²) in [5, 5.41) is 0. The minimum Gasteiger partial charge on any atom is -0.364 e. The van der Waals surface area contributed by atoms with Gasteiger partial charge in [0.15, 0.2) is 0 Å². The molecule has 0 saturated carbocycles. The summed E-state index contributed by atoms with van der Waals surface area (Å²) < 4.78 is 1.13. The van der Waals surface area contributed by atoms with Gasteiger partial charge in [0.25, 0.3) is 0 Å². The van der Waals surface area contributed by atoms with Crippen molar-refractivity contribution in [3.8, 4) is 0 Å². The predicted molar refractivity (Wildman–Crippen MR) is 86.1 cm³/mol. The van der Waals surface area contributed by atoms with Crippen LogP contribution in [0.15, 0.2) is 53.3 Å². The summed E-state index contributed by atoms with van der Waals surface area (Å²) in [6.45, 7) is 4.35. The molecule has 0 unspecified atom stereocenters. The molecule has 0 radical (unpaired) electrons. The zero-order valence-corrected chi connectivity index (χ0v) is 13.2. The Morgan fingerprint density at radius 1 is 0.900 bits per heavy atom. The van der Waals surface area contributed by atoms with Gasteiger partial charge in [-0.2, -0.15) is 0 Å². The maximum Gasteiger partial charge on any atom is 0.0646 e. The predicted octanol–water partition coefficient (Wildman–Crippen LogP) is 4.90. The van der Waals surface area contributed by atoms with E-state index in [1.54, 1.807) is 0 Å². The molecule has 2 heterocycles. The van der Waals surface area contributed by atoms with Crippen molar-refractivity contribution in [2.24, 2.45) is 0 Å².